The molecule has 1 aliphatic carbocycles. The molecule has 0 aromatic heterocycles. The number of benzene rings is 3. The van der Waals surface area contributed by atoms with Gasteiger partial charge < -0.3 is 5.32 Å². The van der Waals surface area contributed by atoms with E-state index in [1.165, 1.54) is 30.4 Å². The normalized spacial score (nSPS) is 15.9. The Hall–Kier alpha value is -3.09. The number of nitrogens with two attached hydrogens (primary N) is 1. The number of aryl methyl sites for hydroxylation is 1. The van der Waals surface area contributed by atoms with E-state index in [0.717, 1.165) is 51.2 Å². The first-order chi connectivity index (χ1) is 16.9. The molecule has 2 aliphatic rings. The number of anilines is 1. The van der Waals surface area contributed by atoms with Crippen LogP contribution in [0.5, 0.6) is 0 Å². The lowest BCUT2D eigenvalue weighted by molar-refractivity contribution is 0.101. The van der Waals surface area contributed by atoms with Crippen molar-refractivity contribution in [2.45, 2.75) is 56.4 Å². The van der Waals surface area contributed by atoms with E-state index in [2.05, 4.69) is 30.4 Å². The van der Waals surface area contributed by atoms with E-state index in [9.17, 15) is 9.59 Å². The molecule has 1 fully saturated rings. The number of ketones is 1. The second-order valence-electron chi connectivity index (χ2n) is 9.81. The summed E-state index contributed by atoms with van der Waals surface area (Å²) in [6, 6.07) is 20.2. The third-order valence-electron chi connectivity index (χ3n) is 7.58. The number of amides is 2. The number of Topliss-reactive ketones (excluding diaryl/α,β-unsaturated/α-hetero) is 1. The summed E-state index contributed by atoms with van der Waals surface area (Å²) in [6.07, 6.45) is 4.56. The van der Waals surface area contributed by atoms with E-state index in [-0.39, 0.29) is 17.2 Å². The van der Waals surface area contributed by atoms with Crippen molar-refractivity contribution in [1.82, 2.24) is 5.32 Å². The largest absolute Gasteiger partial charge is 0.334 e. The van der Waals surface area contributed by atoms with E-state index in [4.69, 9.17) is 5.14 Å². The molecule has 2 amide bonds. The van der Waals surface area contributed by atoms with Crippen LogP contribution in [0.3, 0.4) is 0 Å². The number of carbonyl (C=O) groups is 2. The van der Waals surface area contributed by atoms with Gasteiger partial charge in [0.15, 0.2) is 5.78 Å². The Balaban J connectivity index is 1.44. The Morgan fingerprint density at radius 1 is 1.03 bits per heavy atom. The molecule has 0 unspecified atom stereocenters. The summed E-state index contributed by atoms with van der Waals surface area (Å²) in [6.45, 7) is 4.87. The maximum atomic E-state index is 13.3. The van der Waals surface area contributed by atoms with Gasteiger partial charge >= 0.3 is 6.03 Å². The average Bonchev–Trinajstić information content (AvgIpc) is 3.48. The number of nitrogens with zero attached hydrogens (tertiary/aromatic N) is 1. The smallest absolute Gasteiger partial charge is 0.322 e. The molecule has 3 aromatic rings. The van der Waals surface area contributed by atoms with Crippen LogP contribution in [0.25, 0.3) is 11.1 Å². The van der Waals surface area contributed by atoms with E-state index in [1.54, 1.807) is 6.92 Å². The summed E-state index contributed by atoms with van der Waals surface area (Å²) in [7, 11) is 0. The van der Waals surface area contributed by atoms with Crippen molar-refractivity contribution >= 4 is 29.4 Å². The fourth-order valence-electron chi connectivity index (χ4n) is 5.61. The summed E-state index contributed by atoms with van der Waals surface area (Å²) < 4.78 is 0. The first-order valence-electron chi connectivity index (χ1n) is 12.2. The van der Waals surface area contributed by atoms with Crippen molar-refractivity contribution in [2.75, 3.05) is 11.4 Å². The second kappa shape index (κ2) is 9.51. The molecule has 0 bridgehead atoms. The van der Waals surface area contributed by atoms with Gasteiger partial charge in [0.05, 0.1) is 0 Å². The lowest BCUT2D eigenvalue weighted by Crippen LogP contribution is -2.41. The fourth-order valence-corrected chi connectivity index (χ4v) is 5.90. The number of hydrogen-bond donors (Lipinski definition) is 2. The van der Waals surface area contributed by atoms with E-state index >= 15 is 0 Å². The van der Waals surface area contributed by atoms with Crippen molar-refractivity contribution in [1.29, 1.82) is 0 Å². The molecule has 1 heterocycles. The summed E-state index contributed by atoms with van der Waals surface area (Å²) in [5, 5.41) is 8.72. The van der Waals surface area contributed by atoms with Crippen LogP contribution in [-0.2, 0) is 12.0 Å². The van der Waals surface area contributed by atoms with Gasteiger partial charge in [0.1, 0.15) is 0 Å². The lowest BCUT2D eigenvalue weighted by Gasteiger charge is -2.25. The summed E-state index contributed by atoms with van der Waals surface area (Å²) in [4.78, 5) is 28.2. The van der Waals surface area contributed by atoms with Gasteiger partial charge in [-0.15, -0.1) is 0 Å². The molecular formula is C29H31N3O2S. The minimum absolute atomic E-state index is 0.00870. The van der Waals surface area contributed by atoms with Crippen molar-refractivity contribution in [2.24, 2.45) is 5.14 Å². The van der Waals surface area contributed by atoms with Gasteiger partial charge in [0.25, 0.3) is 0 Å². The Morgan fingerprint density at radius 3 is 2.46 bits per heavy atom. The zero-order valence-corrected chi connectivity index (χ0v) is 21.1. The van der Waals surface area contributed by atoms with E-state index < -0.39 is 0 Å². The number of fused-ring (bicyclic) bond motifs is 2. The Labute approximate surface area is 211 Å². The van der Waals surface area contributed by atoms with Gasteiger partial charge in [0, 0.05) is 34.7 Å². The van der Waals surface area contributed by atoms with Crippen LogP contribution < -0.4 is 15.4 Å². The molecule has 3 aromatic carbocycles. The van der Waals surface area contributed by atoms with Crippen molar-refractivity contribution in [3.8, 4) is 11.1 Å². The van der Waals surface area contributed by atoms with Crippen LogP contribution in [0.2, 0.25) is 0 Å². The molecule has 6 heteroatoms. The molecule has 35 heavy (non-hydrogen) atoms. The maximum absolute atomic E-state index is 13.3. The highest BCUT2D eigenvalue weighted by molar-refractivity contribution is 7.97. The van der Waals surface area contributed by atoms with Crippen molar-refractivity contribution < 1.29 is 9.59 Å². The van der Waals surface area contributed by atoms with Gasteiger partial charge in [-0.2, -0.15) is 0 Å². The fraction of sp³-hybridized carbons (Fsp3) is 0.310. The van der Waals surface area contributed by atoms with Crippen LogP contribution >= 0.6 is 11.9 Å². The zero-order valence-electron chi connectivity index (χ0n) is 20.3. The minimum Gasteiger partial charge on any atom is -0.334 e. The first-order valence-corrected chi connectivity index (χ1v) is 13.1. The number of hydrogen-bond acceptors (Lipinski definition) is 4. The molecule has 5 rings (SSSR count). The highest BCUT2D eigenvalue weighted by Crippen LogP contribution is 2.51. The van der Waals surface area contributed by atoms with Crippen LogP contribution in [0.15, 0.2) is 65.6 Å². The minimum atomic E-state index is -0.0604. The molecular weight excluding hydrogens is 454 g/mol. The third-order valence-corrected chi connectivity index (χ3v) is 8.13. The average molecular weight is 486 g/mol. The highest BCUT2D eigenvalue weighted by atomic mass is 32.2. The molecule has 1 saturated carbocycles. The highest BCUT2D eigenvalue weighted by Gasteiger charge is 2.46. The Kier molecular flexibility index (Phi) is 6.43. The van der Waals surface area contributed by atoms with Gasteiger partial charge in [-0.05, 0) is 96.8 Å². The number of rotatable bonds is 5. The summed E-state index contributed by atoms with van der Waals surface area (Å²) in [5.74, 6) is 0.0685. The van der Waals surface area contributed by atoms with Gasteiger partial charge in [-0.25, -0.2) is 4.79 Å². The van der Waals surface area contributed by atoms with Crippen LogP contribution in [-0.4, -0.2) is 18.4 Å². The maximum Gasteiger partial charge on any atom is 0.322 e. The van der Waals surface area contributed by atoms with E-state index in [1.807, 2.05) is 47.4 Å². The number of carbonyl (C=O) groups excluding carboxylic acids is 2. The quantitative estimate of drug-likeness (QED) is 0.325. The molecule has 1 aliphatic heterocycles. The molecule has 1 spiro atoms. The van der Waals surface area contributed by atoms with Gasteiger partial charge in [-0.1, -0.05) is 43.2 Å². The van der Waals surface area contributed by atoms with Crippen molar-refractivity contribution in [3.05, 3.63) is 82.9 Å². The van der Waals surface area contributed by atoms with Gasteiger partial charge in [0.2, 0.25) is 0 Å². The monoisotopic (exact) mass is 485 g/mol. The third kappa shape index (κ3) is 4.48. The van der Waals surface area contributed by atoms with Crippen LogP contribution in [0, 0.1) is 6.92 Å². The van der Waals surface area contributed by atoms with Crippen LogP contribution in [0.4, 0.5) is 10.5 Å². The lowest BCUT2D eigenvalue weighted by atomic mass is 9.79. The zero-order chi connectivity index (χ0) is 24.6. The van der Waals surface area contributed by atoms with Crippen LogP contribution in [0.1, 0.15) is 59.7 Å². The standard InChI is InChI=1S/C29H31N3O2S/c1-19-5-8-22(20(2)33)15-25(19)23-9-12-27-26(16-23)29(13-3-4-14-29)18-32(27)28(34)31-17-21-6-10-24(35-30)11-7-21/h5-12,15-16H,3-4,13-14,17-18,30H2,1-2H3,(H,31,34). The predicted molar refractivity (Wildman–Crippen MR) is 143 cm³/mol. The topological polar surface area (TPSA) is 75.4 Å². The van der Waals surface area contributed by atoms with Gasteiger partial charge in [-0.3, -0.25) is 14.8 Å². The molecule has 0 atom stereocenters. The molecule has 3 N–H and O–H groups in total. The predicted octanol–water partition coefficient (Wildman–Crippen LogP) is 6.37. The molecule has 0 saturated heterocycles. The Morgan fingerprint density at radius 2 is 1.77 bits per heavy atom. The molecule has 5 nitrogen and oxygen atoms in total. The SMILES string of the molecule is CC(=O)c1ccc(C)c(-c2ccc3c(c2)C2(CCCC2)CN3C(=O)NCc2ccc(SN)cc2)c1. The summed E-state index contributed by atoms with van der Waals surface area (Å²) in [5.41, 5.74) is 7.37. The molecule has 180 valence electrons. The van der Waals surface area contributed by atoms with Crippen molar-refractivity contribution in [3.63, 3.8) is 0 Å². The number of urea groups is 1. The van der Waals surface area contributed by atoms with E-state index in [0.29, 0.717) is 13.1 Å². The second-order valence-corrected chi connectivity index (χ2v) is 10.5. The molecule has 0 radical (unpaired) electrons. The summed E-state index contributed by atoms with van der Waals surface area (Å²) >= 11 is 1.22. The first kappa shape index (κ1) is 23.6. The Bertz CT molecular complexity index is 1280. The number of nitrogens with one attached hydrogen (secondary N) is 1.